The fourth-order valence-corrected chi connectivity index (χ4v) is 3.45. The number of hydrogen-bond donors (Lipinski definition) is 2. The van der Waals surface area contributed by atoms with Crippen LogP contribution in [0.15, 0.2) is 46.0 Å². The molecule has 2 N–H and O–H groups in total. The van der Waals surface area contributed by atoms with E-state index in [1.54, 1.807) is 24.5 Å². The topological polar surface area (TPSA) is 74.8 Å². The summed E-state index contributed by atoms with van der Waals surface area (Å²) in [5.41, 5.74) is 4.69. The Morgan fingerprint density at radius 3 is 2.77 bits per heavy atom. The number of nitrogens with one attached hydrogen (secondary N) is 2. The smallest absolute Gasteiger partial charge is 0.256 e. The van der Waals surface area contributed by atoms with Gasteiger partial charge in [0.05, 0.1) is 5.69 Å². The van der Waals surface area contributed by atoms with Crippen molar-refractivity contribution in [3.05, 3.63) is 63.0 Å². The molecule has 0 aliphatic carbocycles. The molecule has 3 aromatic rings. The molecule has 0 aromatic carbocycles. The van der Waals surface area contributed by atoms with Crippen molar-refractivity contribution in [2.45, 2.75) is 33.1 Å². The molecular weight excluding hydrogens is 346 g/mol. The minimum absolute atomic E-state index is 0.0707. The van der Waals surface area contributed by atoms with Crippen LogP contribution in [0.1, 0.15) is 38.1 Å². The van der Waals surface area contributed by atoms with Gasteiger partial charge < -0.3 is 10.3 Å². The lowest BCUT2D eigenvalue weighted by molar-refractivity contribution is -0.116. The monoisotopic (exact) mass is 367 g/mol. The van der Waals surface area contributed by atoms with E-state index in [1.807, 2.05) is 48.9 Å². The lowest BCUT2D eigenvalue weighted by atomic mass is 10.0. The molecule has 0 atom stereocenters. The summed E-state index contributed by atoms with van der Waals surface area (Å²) in [4.78, 5) is 31.1. The number of carbonyl (C=O) groups is 1. The van der Waals surface area contributed by atoms with Gasteiger partial charge in [0.15, 0.2) is 0 Å². The second kappa shape index (κ2) is 7.66. The van der Waals surface area contributed by atoms with Gasteiger partial charge in [0.2, 0.25) is 0 Å². The molecule has 5 nitrogen and oxygen atoms in total. The second-order valence-corrected chi connectivity index (χ2v) is 7.33. The molecule has 3 aromatic heterocycles. The number of rotatable bonds is 6. The first-order valence-corrected chi connectivity index (χ1v) is 9.39. The molecule has 3 heterocycles. The maximum Gasteiger partial charge on any atom is 0.256 e. The van der Waals surface area contributed by atoms with E-state index in [2.05, 4.69) is 15.3 Å². The number of anilines is 2. The van der Waals surface area contributed by atoms with Crippen molar-refractivity contribution in [1.29, 1.82) is 0 Å². The molecule has 0 saturated carbocycles. The number of pyridine rings is 2. The zero-order chi connectivity index (χ0) is 18.7. The first-order chi connectivity index (χ1) is 12.4. The maximum absolute atomic E-state index is 12.5. The lowest BCUT2D eigenvalue weighted by Crippen LogP contribution is -2.14. The van der Waals surface area contributed by atoms with Crippen molar-refractivity contribution in [2.75, 3.05) is 5.32 Å². The van der Waals surface area contributed by atoms with Crippen LogP contribution in [0.5, 0.6) is 0 Å². The van der Waals surface area contributed by atoms with Crippen molar-refractivity contribution in [3.8, 4) is 11.1 Å². The Balaban J connectivity index is 2.02. The molecule has 0 spiro atoms. The van der Waals surface area contributed by atoms with Crippen LogP contribution in [-0.4, -0.2) is 15.8 Å². The Bertz CT molecular complexity index is 975. The van der Waals surface area contributed by atoms with Gasteiger partial charge in [-0.05, 0) is 53.4 Å². The summed E-state index contributed by atoms with van der Waals surface area (Å²) < 4.78 is 0. The lowest BCUT2D eigenvalue weighted by Gasteiger charge is -2.16. The number of ketones is 1. The molecule has 0 bridgehead atoms. The van der Waals surface area contributed by atoms with E-state index in [9.17, 15) is 9.59 Å². The second-order valence-electron chi connectivity index (χ2n) is 6.55. The predicted octanol–water partition coefficient (Wildman–Crippen LogP) is 4.50. The van der Waals surface area contributed by atoms with Crippen molar-refractivity contribution >= 4 is 28.5 Å². The highest BCUT2D eigenvalue weighted by molar-refractivity contribution is 7.08. The molecule has 3 rings (SSSR count). The van der Waals surface area contributed by atoms with Gasteiger partial charge in [-0.15, -0.1) is 0 Å². The quantitative estimate of drug-likeness (QED) is 0.673. The number of aromatic nitrogens is 2. The molecule has 0 unspecified atom stereocenters. The van der Waals surface area contributed by atoms with Crippen molar-refractivity contribution < 1.29 is 4.79 Å². The first-order valence-electron chi connectivity index (χ1n) is 8.45. The summed E-state index contributed by atoms with van der Waals surface area (Å²) in [6.45, 7) is 5.62. The molecule has 0 radical (unpaired) electrons. The van der Waals surface area contributed by atoms with Gasteiger partial charge >= 0.3 is 0 Å². The van der Waals surface area contributed by atoms with E-state index in [0.29, 0.717) is 12.0 Å². The number of carbonyl (C=O) groups excluding carboxylic acids is 1. The summed E-state index contributed by atoms with van der Waals surface area (Å²) in [5.74, 6) is 0.224. The number of H-pyrrole nitrogens is 1. The summed E-state index contributed by atoms with van der Waals surface area (Å²) in [5, 5.41) is 7.29. The first kappa shape index (κ1) is 18.1. The maximum atomic E-state index is 12.5. The van der Waals surface area contributed by atoms with E-state index in [-0.39, 0.29) is 17.3 Å². The summed E-state index contributed by atoms with van der Waals surface area (Å²) in [7, 11) is 0. The molecule has 26 heavy (non-hydrogen) atoms. The summed E-state index contributed by atoms with van der Waals surface area (Å²) in [6.07, 6.45) is 1.99. The predicted molar refractivity (Wildman–Crippen MR) is 106 cm³/mol. The van der Waals surface area contributed by atoms with Gasteiger partial charge in [0.1, 0.15) is 5.78 Å². The average Bonchev–Trinajstić information content (AvgIpc) is 3.10. The van der Waals surface area contributed by atoms with Gasteiger partial charge in [0.25, 0.3) is 5.56 Å². The highest BCUT2D eigenvalue weighted by atomic mass is 32.1. The van der Waals surface area contributed by atoms with Crippen LogP contribution >= 0.6 is 11.3 Å². The highest BCUT2D eigenvalue weighted by Crippen LogP contribution is 2.29. The SMILES string of the molecule is CC(=O)Cc1cc(Nc2cc(-c3ccsc3)c(=O)[nH]c2C(C)C)ccn1. The fourth-order valence-electron chi connectivity index (χ4n) is 2.80. The van der Waals surface area contributed by atoms with E-state index in [0.717, 1.165) is 28.3 Å². The largest absolute Gasteiger partial charge is 0.354 e. The van der Waals surface area contributed by atoms with Crippen LogP contribution in [0.4, 0.5) is 11.4 Å². The van der Waals surface area contributed by atoms with Crippen LogP contribution in [0, 0.1) is 0 Å². The van der Waals surface area contributed by atoms with Gasteiger partial charge in [-0.1, -0.05) is 13.8 Å². The van der Waals surface area contributed by atoms with Crippen LogP contribution in [0.2, 0.25) is 0 Å². The standard InChI is InChI=1S/C20H21N3O2S/c1-12(2)19-18(10-17(20(25)23-19)14-5-7-26-11-14)22-15-4-6-21-16(9-15)8-13(3)24/h4-7,9-12H,8H2,1-3H3,(H,21,22)(H,23,25). The van der Waals surface area contributed by atoms with Crippen molar-refractivity contribution in [1.82, 2.24) is 9.97 Å². The van der Waals surface area contributed by atoms with E-state index < -0.39 is 0 Å². The minimum Gasteiger partial charge on any atom is -0.354 e. The van der Waals surface area contributed by atoms with Crippen LogP contribution < -0.4 is 10.9 Å². The minimum atomic E-state index is -0.0929. The van der Waals surface area contributed by atoms with E-state index in [1.165, 1.54) is 0 Å². The third kappa shape index (κ3) is 4.08. The van der Waals surface area contributed by atoms with Crippen LogP contribution in [-0.2, 0) is 11.2 Å². The number of hydrogen-bond acceptors (Lipinski definition) is 5. The number of thiophene rings is 1. The zero-order valence-corrected chi connectivity index (χ0v) is 15.8. The van der Waals surface area contributed by atoms with E-state index >= 15 is 0 Å². The van der Waals surface area contributed by atoms with Crippen LogP contribution in [0.3, 0.4) is 0 Å². The Morgan fingerprint density at radius 2 is 2.12 bits per heavy atom. The third-order valence-corrected chi connectivity index (χ3v) is 4.69. The third-order valence-electron chi connectivity index (χ3n) is 4.01. The Kier molecular flexibility index (Phi) is 5.32. The fraction of sp³-hybridized carbons (Fsp3) is 0.250. The van der Waals surface area contributed by atoms with Gasteiger partial charge in [-0.25, -0.2) is 0 Å². The van der Waals surface area contributed by atoms with Gasteiger partial charge in [0, 0.05) is 35.3 Å². The highest BCUT2D eigenvalue weighted by Gasteiger charge is 2.14. The Morgan fingerprint density at radius 1 is 1.31 bits per heavy atom. The normalized spacial score (nSPS) is 10.9. The number of Topliss-reactive ketones (excluding diaryl/α,β-unsaturated/α-hetero) is 1. The zero-order valence-electron chi connectivity index (χ0n) is 15.0. The molecule has 6 heteroatoms. The van der Waals surface area contributed by atoms with Gasteiger partial charge in [-0.3, -0.25) is 14.6 Å². The molecule has 0 aliphatic rings. The molecule has 0 saturated heterocycles. The van der Waals surface area contributed by atoms with Crippen LogP contribution in [0.25, 0.3) is 11.1 Å². The van der Waals surface area contributed by atoms with Crippen molar-refractivity contribution in [3.63, 3.8) is 0 Å². The van der Waals surface area contributed by atoms with Crippen molar-refractivity contribution in [2.24, 2.45) is 0 Å². The summed E-state index contributed by atoms with van der Waals surface area (Å²) in [6, 6.07) is 7.54. The Hall–Kier alpha value is -2.73. The molecule has 0 fully saturated rings. The molecular formula is C20H21N3O2S. The molecule has 0 amide bonds. The van der Waals surface area contributed by atoms with E-state index in [4.69, 9.17) is 0 Å². The number of nitrogens with zero attached hydrogens (tertiary/aromatic N) is 1. The molecule has 0 aliphatic heterocycles. The average molecular weight is 367 g/mol. The number of aromatic amines is 1. The van der Waals surface area contributed by atoms with Gasteiger partial charge in [-0.2, -0.15) is 11.3 Å². The molecule has 134 valence electrons. The Labute approximate surface area is 156 Å². The summed E-state index contributed by atoms with van der Waals surface area (Å²) >= 11 is 1.56.